The molecule has 2 aromatic rings. The van der Waals surface area contributed by atoms with Gasteiger partial charge in [-0.05, 0) is 6.07 Å². The Morgan fingerprint density at radius 2 is 1.62 bits per heavy atom. The molecule has 16 heavy (non-hydrogen) atoms. The average Bonchev–Trinajstić information content (AvgIpc) is 2.58. The summed E-state index contributed by atoms with van der Waals surface area (Å²) in [5.74, 6) is -3.09. The van der Waals surface area contributed by atoms with Crippen molar-refractivity contribution >= 4 is 18.2 Å². The van der Waals surface area contributed by atoms with Crippen molar-refractivity contribution in [3.8, 4) is 11.3 Å². The molecule has 0 radical (unpaired) electrons. The van der Waals surface area contributed by atoms with Crippen molar-refractivity contribution in [1.29, 1.82) is 0 Å². The Kier molecular flexibility index (Phi) is 3.44. The summed E-state index contributed by atoms with van der Waals surface area (Å²) in [6, 6.07) is 2.55. The lowest BCUT2D eigenvalue weighted by Gasteiger charge is -2.00. The molecule has 0 unspecified atom stereocenters. The van der Waals surface area contributed by atoms with Crippen LogP contribution in [-0.4, -0.2) is 10.2 Å². The van der Waals surface area contributed by atoms with Gasteiger partial charge in [0.15, 0.2) is 11.6 Å². The van der Waals surface area contributed by atoms with E-state index in [9.17, 15) is 13.2 Å². The zero-order valence-corrected chi connectivity index (χ0v) is 8.62. The van der Waals surface area contributed by atoms with Crippen LogP contribution < -0.4 is 5.73 Å². The molecule has 2 rings (SSSR count). The molecule has 0 saturated carbocycles. The minimum absolute atomic E-state index is 0. The molecule has 0 atom stereocenters. The van der Waals surface area contributed by atoms with Crippen molar-refractivity contribution in [3.63, 3.8) is 0 Å². The highest BCUT2D eigenvalue weighted by Gasteiger charge is 2.12. The largest absolute Gasteiger partial charge is 0.382 e. The number of nitrogens with zero attached hydrogens (tertiary/aromatic N) is 1. The van der Waals surface area contributed by atoms with E-state index in [0.717, 1.165) is 6.07 Å². The Bertz CT molecular complexity index is 513. The number of halogens is 4. The summed E-state index contributed by atoms with van der Waals surface area (Å²) >= 11 is 0. The van der Waals surface area contributed by atoms with Crippen molar-refractivity contribution in [2.45, 2.75) is 0 Å². The lowest BCUT2D eigenvalue weighted by molar-refractivity contribution is 0.496. The summed E-state index contributed by atoms with van der Waals surface area (Å²) in [7, 11) is 0. The third-order valence-corrected chi connectivity index (χ3v) is 1.90. The summed E-state index contributed by atoms with van der Waals surface area (Å²) in [5.41, 5.74) is 5.39. The minimum atomic E-state index is -1.23. The van der Waals surface area contributed by atoms with Gasteiger partial charge in [-0.15, -0.1) is 12.4 Å². The highest BCUT2D eigenvalue weighted by molar-refractivity contribution is 5.85. The van der Waals surface area contributed by atoms with Gasteiger partial charge in [-0.1, -0.05) is 0 Å². The van der Waals surface area contributed by atoms with Crippen LogP contribution in [0.25, 0.3) is 11.3 Å². The monoisotopic (exact) mass is 249 g/mol. The molecular formula is C9H7ClF3N3. The van der Waals surface area contributed by atoms with Gasteiger partial charge in [0.2, 0.25) is 0 Å². The maximum Gasteiger partial charge on any atom is 0.161 e. The number of nitrogen functional groups attached to an aromatic ring is 1. The summed E-state index contributed by atoms with van der Waals surface area (Å²) in [4.78, 5) is 0. The second kappa shape index (κ2) is 4.44. The maximum absolute atomic E-state index is 13.2. The van der Waals surface area contributed by atoms with Gasteiger partial charge in [0.25, 0.3) is 0 Å². The van der Waals surface area contributed by atoms with Crippen LogP contribution in [-0.2, 0) is 0 Å². The minimum Gasteiger partial charge on any atom is -0.382 e. The summed E-state index contributed by atoms with van der Waals surface area (Å²) in [5, 5.41) is 5.96. The number of H-pyrrole nitrogens is 1. The number of hydrogen-bond acceptors (Lipinski definition) is 2. The predicted octanol–water partition coefficient (Wildman–Crippen LogP) is 2.50. The fraction of sp³-hybridized carbons (Fsp3) is 0. The van der Waals surface area contributed by atoms with Gasteiger partial charge >= 0.3 is 0 Å². The SMILES string of the molecule is Cl.Nc1cc(-c2cc(F)c(F)cc2F)[nH]n1. The zero-order valence-electron chi connectivity index (χ0n) is 7.80. The van der Waals surface area contributed by atoms with E-state index in [1.807, 2.05) is 0 Å². The highest BCUT2D eigenvalue weighted by Crippen LogP contribution is 2.24. The van der Waals surface area contributed by atoms with Crippen molar-refractivity contribution in [3.05, 3.63) is 35.7 Å². The number of rotatable bonds is 1. The first-order valence-electron chi connectivity index (χ1n) is 4.03. The molecule has 7 heteroatoms. The van der Waals surface area contributed by atoms with Crippen molar-refractivity contribution < 1.29 is 13.2 Å². The second-order valence-electron chi connectivity index (χ2n) is 2.95. The Morgan fingerprint density at radius 1 is 1.00 bits per heavy atom. The smallest absolute Gasteiger partial charge is 0.161 e. The van der Waals surface area contributed by atoms with Crippen LogP contribution in [0.2, 0.25) is 0 Å². The van der Waals surface area contributed by atoms with Crippen molar-refractivity contribution in [2.75, 3.05) is 5.73 Å². The molecule has 1 aromatic carbocycles. The second-order valence-corrected chi connectivity index (χ2v) is 2.95. The van der Waals surface area contributed by atoms with E-state index in [2.05, 4.69) is 10.2 Å². The van der Waals surface area contributed by atoms with E-state index in [1.165, 1.54) is 6.07 Å². The highest BCUT2D eigenvalue weighted by atomic mass is 35.5. The van der Waals surface area contributed by atoms with Crippen LogP contribution in [0.3, 0.4) is 0 Å². The molecule has 1 heterocycles. The third-order valence-electron chi connectivity index (χ3n) is 1.90. The number of nitrogens with one attached hydrogen (secondary N) is 1. The van der Waals surface area contributed by atoms with Crippen LogP contribution in [0.1, 0.15) is 0 Å². The van der Waals surface area contributed by atoms with Gasteiger partial charge in [0, 0.05) is 17.7 Å². The maximum atomic E-state index is 13.2. The summed E-state index contributed by atoms with van der Waals surface area (Å²) in [6.45, 7) is 0. The lowest BCUT2D eigenvalue weighted by Crippen LogP contribution is -1.91. The topological polar surface area (TPSA) is 54.7 Å². The van der Waals surface area contributed by atoms with Gasteiger partial charge in [0.05, 0.1) is 5.69 Å². The number of aromatic amines is 1. The Balaban J connectivity index is 0.00000128. The standard InChI is InChI=1S/C9H6F3N3.ClH/c10-5-2-7(12)6(11)1-4(5)8-3-9(13)15-14-8;/h1-3H,(H3,13,14,15);1H. The number of hydrogen-bond donors (Lipinski definition) is 2. The lowest BCUT2D eigenvalue weighted by atomic mass is 10.1. The van der Waals surface area contributed by atoms with Gasteiger partial charge in [0.1, 0.15) is 11.6 Å². The number of benzene rings is 1. The molecule has 86 valence electrons. The quantitative estimate of drug-likeness (QED) is 0.763. The normalized spacial score (nSPS) is 9.94. The molecule has 0 saturated heterocycles. The first-order chi connectivity index (χ1) is 7.08. The molecule has 0 amide bonds. The summed E-state index contributed by atoms with van der Waals surface area (Å²) < 4.78 is 38.7. The fourth-order valence-corrected chi connectivity index (χ4v) is 1.20. The van der Waals surface area contributed by atoms with Crippen molar-refractivity contribution in [1.82, 2.24) is 10.2 Å². The predicted molar refractivity (Wildman–Crippen MR) is 55.6 cm³/mol. The van der Waals surface area contributed by atoms with E-state index in [1.54, 1.807) is 0 Å². The van der Waals surface area contributed by atoms with Crippen LogP contribution in [0.15, 0.2) is 18.2 Å². The molecule has 3 N–H and O–H groups in total. The van der Waals surface area contributed by atoms with Gasteiger partial charge < -0.3 is 5.73 Å². The molecule has 1 aromatic heterocycles. The third kappa shape index (κ3) is 2.11. The van der Waals surface area contributed by atoms with E-state index >= 15 is 0 Å². The van der Waals surface area contributed by atoms with Gasteiger partial charge in [-0.25, -0.2) is 13.2 Å². The van der Waals surface area contributed by atoms with Gasteiger partial charge in [-0.2, -0.15) is 5.10 Å². The molecule has 0 bridgehead atoms. The van der Waals surface area contributed by atoms with Gasteiger partial charge in [-0.3, -0.25) is 5.10 Å². The Labute approximate surface area is 94.9 Å². The molecular weight excluding hydrogens is 243 g/mol. The molecule has 0 aliphatic heterocycles. The molecule has 0 spiro atoms. The van der Waals surface area contributed by atoms with E-state index < -0.39 is 17.5 Å². The van der Waals surface area contributed by atoms with Crippen LogP contribution in [0.4, 0.5) is 19.0 Å². The first kappa shape index (κ1) is 12.4. The molecule has 0 aliphatic carbocycles. The Morgan fingerprint density at radius 3 is 2.19 bits per heavy atom. The number of aromatic nitrogens is 2. The average molecular weight is 250 g/mol. The number of anilines is 1. The summed E-state index contributed by atoms with van der Waals surface area (Å²) in [6.07, 6.45) is 0. The van der Waals surface area contributed by atoms with Crippen LogP contribution >= 0.6 is 12.4 Å². The van der Waals surface area contributed by atoms with E-state index in [4.69, 9.17) is 5.73 Å². The number of nitrogens with two attached hydrogens (primary N) is 1. The molecule has 3 nitrogen and oxygen atoms in total. The van der Waals surface area contributed by atoms with Crippen LogP contribution in [0.5, 0.6) is 0 Å². The molecule has 0 fully saturated rings. The van der Waals surface area contributed by atoms with Crippen molar-refractivity contribution in [2.24, 2.45) is 0 Å². The van der Waals surface area contributed by atoms with E-state index in [0.29, 0.717) is 6.07 Å². The fourth-order valence-electron chi connectivity index (χ4n) is 1.20. The Hall–Kier alpha value is -1.69. The zero-order chi connectivity index (χ0) is 11.0. The van der Waals surface area contributed by atoms with E-state index in [-0.39, 0.29) is 29.5 Å². The first-order valence-corrected chi connectivity index (χ1v) is 4.03. The molecule has 0 aliphatic rings. The van der Waals surface area contributed by atoms with Crippen LogP contribution in [0, 0.1) is 17.5 Å².